The van der Waals surface area contributed by atoms with E-state index in [4.69, 9.17) is 0 Å². The molecule has 0 bridgehead atoms. The molecular formula is C21H19N5O2S. The number of nitrogens with zero attached hydrogens (tertiary/aromatic N) is 4. The molecule has 7 nitrogen and oxygen atoms in total. The van der Waals surface area contributed by atoms with E-state index in [1.807, 2.05) is 29.6 Å². The number of thiazole rings is 1. The Bertz CT molecular complexity index is 1200. The molecule has 0 unspecified atom stereocenters. The molecule has 3 heterocycles. The monoisotopic (exact) mass is 405 g/mol. The number of nitrogens with one attached hydrogen (secondary N) is 1. The number of aromatic amines is 1. The first-order chi connectivity index (χ1) is 14.1. The highest BCUT2D eigenvalue weighted by Crippen LogP contribution is 2.15. The van der Waals surface area contributed by atoms with E-state index in [0.717, 1.165) is 16.4 Å². The molecule has 4 rings (SSSR count). The summed E-state index contributed by atoms with van der Waals surface area (Å²) in [6.07, 6.45) is 2.61. The van der Waals surface area contributed by atoms with Crippen molar-refractivity contribution in [2.45, 2.75) is 19.4 Å². The molecular weight excluding hydrogens is 386 g/mol. The molecule has 4 aromatic rings. The predicted molar refractivity (Wildman–Crippen MR) is 112 cm³/mol. The van der Waals surface area contributed by atoms with Gasteiger partial charge in [-0.2, -0.15) is 0 Å². The number of benzene rings is 1. The number of carbonyl (C=O) groups is 1. The molecule has 0 saturated heterocycles. The number of likely N-dealkylation sites (N-methyl/N-ethyl adjacent to an activating group) is 1. The van der Waals surface area contributed by atoms with Crippen molar-refractivity contribution < 1.29 is 4.79 Å². The number of fused-ring (bicyclic) bond motifs is 1. The molecule has 3 aromatic heterocycles. The first-order valence-corrected chi connectivity index (χ1v) is 10.0. The number of hydrogen-bond donors (Lipinski definition) is 1. The molecule has 0 aliphatic rings. The fraction of sp³-hybridized carbons (Fsp3) is 0.190. The van der Waals surface area contributed by atoms with Gasteiger partial charge in [-0.15, -0.1) is 11.3 Å². The molecule has 0 aliphatic heterocycles. The molecule has 146 valence electrons. The number of amides is 1. The molecule has 8 heteroatoms. The molecule has 0 radical (unpaired) electrons. The van der Waals surface area contributed by atoms with Gasteiger partial charge in [0.2, 0.25) is 5.91 Å². The number of pyridine rings is 1. The number of para-hydroxylation sites is 1. The van der Waals surface area contributed by atoms with Gasteiger partial charge in [0, 0.05) is 30.7 Å². The number of hydrogen-bond acceptors (Lipinski definition) is 6. The van der Waals surface area contributed by atoms with Crippen molar-refractivity contribution in [2.24, 2.45) is 0 Å². The van der Waals surface area contributed by atoms with Crippen LogP contribution in [-0.2, 0) is 24.2 Å². The molecule has 1 amide bonds. The van der Waals surface area contributed by atoms with Crippen LogP contribution < -0.4 is 5.56 Å². The van der Waals surface area contributed by atoms with Crippen molar-refractivity contribution in [3.63, 3.8) is 0 Å². The summed E-state index contributed by atoms with van der Waals surface area (Å²) in [5.41, 5.74) is 2.09. The van der Waals surface area contributed by atoms with E-state index < -0.39 is 0 Å². The molecule has 0 aliphatic carbocycles. The van der Waals surface area contributed by atoms with E-state index in [0.29, 0.717) is 23.1 Å². The van der Waals surface area contributed by atoms with Gasteiger partial charge in [-0.3, -0.25) is 14.6 Å². The number of aromatic nitrogens is 4. The number of H-pyrrole nitrogens is 1. The standard InChI is InChI=1S/C21H19N5O2S/c1-26(12-18-24-17-8-3-2-7-16(17)21(28)25-18)20(27)11-15-13-29-19(23-15)10-14-6-4-5-9-22-14/h2-9,13H,10-12H2,1H3,(H,24,25,28). The van der Waals surface area contributed by atoms with Crippen LogP contribution in [0.3, 0.4) is 0 Å². The fourth-order valence-electron chi connectivity index (χ4n) is 2.98. The van der Waals surface area contributed by atoms with E-state index >= 15 is 0 Å². The van der Waals surface area contributed by atoms with Crippen molar-refractivity contribution >= 4 is 28.1 Å². The van der Waals surface area contributed by atoms with Crippen LogP contribution in [0.2, 0.25) is 0 Å². The average molecular weight is 405 g/mol. The SMILES string of the molecule is CN(Cc1nc2ccccc2c(=O)[nH]1)C(=O)Cc1csc(Cc2ccccn2)n1. The summed E-state index contributed by atoms with van der Waals surface area (Å²) in [5, 5.41) is 3.36. The van der Waals surface area contributed by atoms with Crippen LogP contribution in [-0.4, -0.2) is 37.8 Å². The Morgan fingerprint density at radius 3 is 2.76 bits per heavy atom. The van der Waals surface area contributed by atoms with Gasteiger partial charge >= 0.3 is 0 Å². The number of rotatable bonds is 6. The molecule has 0 atom stereocenters. The molecule has 0 fully saturated rings. The van der Waals surface area contributed by atoms with Gasteiger partial charge in [0.05, 0.1) is 34.6 Å². The Kier molecular flexibility index (Phi) is 5.44. The first kappa shape index (κ1) is 18.9. The van der Waals surface area contributed by atoms with Gasteiger partial charge in [0.25, 0.3) is 5.56 Å². The maximum absolute atomic E-state index is 12.6. The Morgan fingerprint density at radius 1 is 1.10 bits per heavy atom. The highest BCUT2D eigenvalue weighted by atomic mass is 32.1. The second kappa shape index (κ2) is 8.32. The first-order valence-electron chi connectivity index (χ1n) is 9.13. The third-order valence-corrected chi connectivity index (χ3v) is 5.36. The Hall–Kier alpha value is -3.39. The van der Waals surface area contributed by atoms with Gasteiger partial charge in [-0.1, -0.05) is 18.2 Å². The minimum Gasteiger partial charge on any atom is -0.338 e. The molecule has 1 N–H and O–H groups in total. The fourth-order valence-corrected chi connectivity index (χ4v) is 3.79. The van der Waals surface area contributed by atoms with E-state index in [1.165, 1.54) is 11.3 Å². The maximum atomic E-state index is 12.6. The zero-order valence-corrected chi connectivity index (χ0v) is 16.6. The summed E-state index contributed by atoms with van der Waals surface area (Å²) in [5.74, 6) is 0.370. The van der Waals surface area contributed by atoms with E-state index in [1.54, 1.807) is 36.3 Å². The summed E-state index contributed by atoms with van der Waals surface area (Å²) in [7, 11) is 1.69. The quantitative estimate of drug-likeness (QED) is 0.532. The van der Waals surface area contributed by atoms with Crippen LogP contribution in [0.25, 0.3) is 10.9 Å². The van der Waals surface area contributed by atoms with Gasteiger partial charge < -0.3 is 9.88 Å². The Labute approximate surface area is 171 Å². The van der Waals surface area contributed by atoms with Crippen molar-refractivity contribution in [1.29, 1.82) is 0 Å². The third kappa shape index (κ3) is 4.55. The highest BCUT2D eigenvalue weighted by molar-refractivity contribution is 7.09. The van der Waals surface area contributed by atoms with Crippen LogP contribution in [0, 0.1) is 0 Å². The molecule has 0 spiro atoms. The topological polar surface area (TPSA) is 91.8 Å². The second-order valence-electron chi connectivity index (χ2n) is 6.69. The van der Waals surface area contributed by atoms with Gasteiger partial charge in [-0.05, 0) is 24.3 Å². The number of carbonyl (C=O) groups excluding carboxylic acids is 1. The minimum absolute atomic E-state index is 0.0875. The Morgan fingerprint density at radius 2 is 1.93 bits per heavy atom. The van der Waals surface area contributed by atoms with Crippen molar-refractivity contribution in [3.05, 3.63) is 86.6 Å². The molecule has 29 heavy (non-hydrogen) atoms. The highest BCUT2D eigenvalue weighted by Gasteiger charge is 2.14. The largest absolute Gasteiger partial charge is 0.338 e. The average Bonchev–Trinajstić information content (AvgIpc) is 3.15. The molecule has 1 aromatic carbocycles. The van der Waals surface area contributed by atoms with Crippen molar-refractivity contribution in [1.82, 2.24) is 24.8 Å². The lowest BCUT2D eigenvalue weighted by Crippen LogP contribution is -2.29. The van der Waals surface area contributed by atoms with Crippen LogP contribution in [0.4, 0.5) is 0 Å². The van der Waals surface area contributed by atoms with Gasteiger partial charge in [0.15, 0.2) is 0 Å². The van der Waals surface area contributed by atoms with Gasteiger partial charge in [0.1, 0.15) is 5.82 Å². The Balaban J connectivity index is 1.40. The predicted octanol–water partition coefficient (Wildman–Crippen LogP) is 2.57. The zero-order chi connectivity index (χ0) is 20.2. The normalized spacial score (nSPS) is 10.9. The third-order valence-electron chi connectivity index (χ3n) is 4.46. The van der Waals surface area contributed by atoms with E-state index in [2.05, 4.69) is 19.9 Å². The summed E-state index contributed by atoms with van der Waals surface area (Å²) in [4.78, 5) is 42.4. The maximum Gasteiger partial charge on any atom is 0.258 e. The summed E-state index contributed by atoms with van der Waals surface area (Å²) >= 11 is 1.52. The van der Waals surface area contributed by atoms with E-state index in [9.17, 15) is 9.59 Å². The second-order valence-corrected chi connectivity index (χ2v) is 7.63. The van der Waals surface area contributed by atoms with Gasteiger partial charge in [-0.25, -0.2) is 9.97 Å². The van der Waals surface area contributed by atoms with Crippen LogP contribution in [0.15, 0.2) is 58.8 Å². The minimum atomic E-state index is -0.204. The lowest BCUT2D eigenvalue weighted by Gasteiger charge is -2.16. The summed E-state index contributed by atoms with van der Waals surface area (Å²) in [6.45, 7) is 0.226. The summed E-state index contributed by atoms with van der Waals surface area (Å²) in [6, 6.07) is 12.9. The smallest absolute Gasteiger partial charge is 0.258 e. The van der Waals surface area contributed by atoms with Crippen LogP contribution in [0.1, 0.15) is 22.2 Å². The summed E-state index contributed by atoms with van der Waals surface area (Å²) < 4.78 is 0. The molecule has 0 saturated carbocycles. The van der Waals surface area contributed by atoms with E-state index in [-0.39, 0.29) is 24.4 Å². The van der Waals surface area contributed by atoms with Crippen LogP contribution >= 0.6 is 11.3 Å². The lowest BCUT2D eigenvalue weighted by atomic mass is 10.2. The van der Waals surface area contributed by atoms with Crippen LogP contribution in [0.5, 0.6) is 0 Å². The lowest BCUT2D eigenvalue weighted by molar-refractivity contribution is -0.129. The zero-order valence-electron chi connectivity index (χ0n) is 15.8. The van der Waals surface area contributed by atoms with Crippen molar-refractivity contribution in [2.75, 3.05) is 7.05 Å². The van der Waals surface area contributed by atoms with Crippen molar-refractivity contribution in [3.8, 4) is 0 Å².